The largest absolute Gasteiger partial charge is 0.478 e. The van der Waals surface area contributed by atoms with Crippen LogP contribution in [0, 0.1) is 6.92 Å². The second-order valence-corrected chi connectivity index (χ2v) is 5.70. The van der Waals surface area contributed by atoms with E-state index in [1.165, 1.54) is 12.1 Å². The molecule has 0 saturated carbocycles. The van der Waals surface area contributed by atoms with Gasteiger partial charge in [0.2, 0.25) is 0 Å². The van der Waals surface area contributed by atoms with Gasteiger partial charge in [0, 0.05) is 0 Å². The number of carboxylic acid groups (broad SMARTS) is 1. The Bertz CT molecular complexity index is 994. The van der Waals surface area contributed by atoms with E-state index in [4.69, 9.17) is 5.11 Å². The van der Waals surface area contributed by atoms with Crippen molar-refractivity contribution < 1.29 is 9.90 Å². The van der Waals surface area contributed by atoms with Crippen molar-refractivity contribution in [1.29, 1.82) is 0 Å². The summed E-state index contributed by atoms with van der Waals surface area (Å²) < 4.78 is 0. The molecule has 0 aliphatic rings. The summed E-state index contributed by atoms with van der Waals surface area (Å²) in [5.74, 6) is -0.977. The summed E-state index contributed by atoms with van der Waals surface area (Å²) in [6.45, 7) is 2.02. The third-order valence-electron chi connectivity index (χ3n) is 3.58. The third-order valence-corrected chi connectivity index (χ3v) is 3.58. The molecule has 5 heteroatoms. The van der Waals surface area contributed by atoms with Crippen molar-refractivity contribution >= 4 is 29.8 Å². The number of benzene rings is 2. The number of pyridine rings is 1. The first kappa shape index (κ1) is 17.2. The number of aliphatic imine (C=N–C) groups is 2. The SMILES string of the molecule is Cc1cccc(/N=C/c2cccc(/C=N/c3cccc(C(=O)O)c3)n2)c1. The lowest BCUT2D eigenvalue weighted by atomic mass is 10.2. The zero-order valence-corrected chi connectivity index (χ0v) is 14.2. The second kappa shape index (κ2) is 7.98. The zero-order valence-electron chi connectivity index (χ0n) is 14.2. The zero-order chi connectivity index (χ0) is 18.4. The molecule has 0 aliphatic carbocycles. The van der Waals surface area contributed by atoms with Crippen molar-refractivity contribution in [2.75, 3.05) is 0 Å². The lowest BCUT2D eigenvalue weighted by Gasteiger charge is -1.98. The molecule has 128 valence electrons. The van der Waals surface area contributed by atoms with Crippen LogP contribution in [0.25, 0.3) is 0 Å². The fraction of sp³-hybridized carbons (Fsp3) is 0.0476. The van der Waals surface area contributed by atoms with E-state index in [9.17, 15) is 4.79 Å². The van der Waals surface area contributed by atoms with E-state index in [1.54, 1.807) is 24.6 Å². The maximum Gasteiger partial charge on any atom is 0.335 e. The van der Waals surface area contributed by atoms with Gasteiger partial charge in [0.15, 0.2) is 0 Å². The van der Waals surface area contributed by atoms with Gasteiger partial charge in [0.1, 0.15) is 0 Å². The van der Waals surface area contributed by atoms with Crippen LogP contribution in [-0.4, -0.2) is 28.5 Å². The van der Waals surface area contributed by atoms with E-state index < -0.39 is 5.97 Å². The van der Waals surface area contributed by atoms with E-state index in [0.717, 1.165) is 16.9 Å². The summed E-state index contributed by atoms with van der Waals surface area (Å²) in [6, 6.07) is 19.9. The standard InChI is InChI=1S/C21H17N3O2/c1-15-5-2-7-17(11-15)22-13-19-9-4-10-20(24-19)14-23-18-8-3-6-16(12-18)21(25)26/h2-14H,1H3,(H,25,26)/b22-13+,23-14+. The van der Waals surface area contributed by atoms with Crippen molar-refractivity contribution in [2.24, 2.45) is 9.98 Å². The van der Waals surface area contributed by atoms with Crippen LogP contribution in [0.15, 0.2) is 76.7 Å². The van der Waals surface area contributed by atoms with E-state index in [2.05, 4.69) is 15.0 Å². The maximum atomic E-state index is 11.0. The van der Waals surface area contributed by atoms with E-state index >= 15 is 0 Å². The van der Waals surface area contributed by atoms with Crippen LogP contribution in [0.3, 0.4) is 0 Å². The fourth-order valence-corrected chi connectivity index (χ4v) is 2.32. The summed E-state index contributed by atoms with van der Waals surface area (Å²) in [5.41, 5.74) is 4.17. The van der Waals surface area contributed by atoms with E-state index in [-0.39, 0.29) is 5.56 Å². The number of aromatic nitrogens is 1. The van der Waals surface area contributed by atoms with Crippen LogP contribution >= 0.6 is 0 Å². The van der Waals surface area contributed by atoms with Gasteiger partial charge >= 0.3 is 5.97 Å². The molecule has 0 saturated heterocycles. The lowest BCUT2D eigenvalue weighted by molar-refractivity contribution is 0.0697. The molecule has 5 nitrogen and oxygen atoms in total. The summed E-state index contributed by atoms with van der Waals surface area (Å²) in [7, 11) is 0. The van der Waals surface area contributed by atoms with Crippen LogP contribution in [0.4, 0.5) is 11.4 Å². The molecule has 3 rings (SSSR count). The molecular formula is C21H17N3O2. The first-order valence-corrected chi connectivity index (χ1v) is 8.05. The Balaban J connectivity index is 1.77. The minimum Gasteiger partial charge on any atom is -0.478 e. The van der Waals surface area contributed by atoms with Gasteiger partial charge < -0.3 is 5.11 Å². The van der Waals surface area contributed by atoms with Crippen LogP contribution < -0.4 is 0 Å². The molecule has 1 heterocycles. The highest BCUT2D eigenvalue weighted by molar-refractivity contribution is 5.89. The minimum absolute atomic E-state index is 0.201. The second-order valence-electron chi connectivity index (χ2n) is 5.70. The van der Waals surface area contributed by atoms with Crippen LogP contribution in [0.2, 0.25) is 0 Å². The Morgan fingerprint density at radius 2 is 1.46 bits per heavy atom. The molecular weight excluding hydrogens is 326 g/mol. The number of hydrogen-bond donors (Lipinski definition) is 1. The quantitative estimate of drug-likeness (QED) is 0.689. The highest BCUT2D eigenvalue weighted by Crippen LogP contribution is 2.15. The number of rotatable bonds is 5. The third kappa shape index (κ3) is 4.70. The molecule has 26 heavy (non-hydrogen) atoms. The first-order valence-electron chi connectivity index (χ1n) is 8.05. The molecule has 0 spiro atoms. The molecule has 0 fully saturated rings. The highest BCUT2D eigenvalue weighted by atomic mass is 16.4. The molecule has 1 N–H and O–H groups in total. The Labute approximate surface area is 151 Å². The van der Waals surface area contributed by atoms with Crippen molar-refractivity contribution in [3.63, 3.8) is 0 Å². The van der Waals surface area contributed by atoms with E-state index in [0.29, 0.717) is 11.4 Å². The topological polar surface area (TPSA) is 74.9 Å². The molecule has 2 aromatic carbocycles. The highest BCUT2D eigenvalue weighted by Gasteiger charge is 2.02. The van der Waals surface area contributed by atoms with Crippen molar-refractivity contribution in [2.45, 2.75) is 6.92 Å². The average Bonchev–Trinajstić information content (AvgIpc) is 2.65. The summed E-state index contributed by atoms with van der Waals surface area (Å²) in [5, 5.41) is 9.02. The van der Waals surface area contributed by atoms with Crippen LogP contribution in [0.5, 0.6) is 0 Å². The lowest BCUT2D eigenvalue weighted by Crippen LogP contribution is -1.95. The Morgan fingerprint density at radius 1 is 0.885 bits per heavy atom. The molecule has 0 aliphatic heterocycles. The number of hydrogen-bond acceptors (Lipinski definition) is 4. The smallest absolute Gasteiger partial charge is 0.335 e. The molecule has 0 atom stereocenters. The van der Waals surface area contributed by atoms with Crippen LogP contribution in [0.1, 0.15) is 27.3 Å². The Hall–Kier alpha value is -3.60. The molecule has 1 aromatic heterocycles. The predicted molar refractivity (Wildman–Crippen MR) is 103 cm³/mol. The van der Waals surface area contributed by atoms with Crippen LogP contribution in [-0.2, 0) is 0 Å². The normalized spacial score (nSPS) is 11.3. The number of carboxylic acids is 1. The van der Waals surface area contributed by atoms with Gasteiger partial charge in [-0.25, -0.2) is 9.78 Å². The maximum absolute atomic E-state index is 11.0. The molecule has 0 bridgehead atoms. The van der Waals surface area contributed by atoms with Gasteiger partial charge in [-0.3, -0.25) is 9.98 Å². The van der Waals surface area contributed by atoms with E-state index in [1.807, 2.05) is 49.4 Å². The Morgan fingerprint density at radius 3 is 2.08 bits per heavy atom. The number of carbonyl (C=O) groups is 1. The Kier molecular flexibility index (Phi) is 5.29. The van der Waals surface area contributed by atoms with Gasteiger partial charge in [0.05, 0.1) is 40.8 Å². The monoisotopic (exact) mass is 343 g/mol. The average molecular weight is 343 g/mol. The van der Waals surface area contributed by atoms with Gasteiger partial charge in [0.25, 0.3) is 0 Å². The summed E-state index contributed by atoms with van der Waals surface area (Å²) in [4.78, 5) is 24.2. The van der Waals surface area contributed by atoms with Gasteiger partial charge in [-0.05, 0) is 55.0 Å². The number of aromatic carboxylic acids is 1. The number of aryl methyl sites for hydroxylation is 1. The molecule has 0 radical (unpaired) electrons. The molecule has 0 amide bonds. The molecule has 0 unspecified atom stereocenters. The first-order chi connectivity index (χ1) is 12.6. The van der Waals surface area contributed by atoms with Crippen molar-refractivity contribution in [3.8, 4) is 0 Å². The van der Waals surface area contributed by atoms with Gasteiger partial charge in [-0.1, -0.05) is 24.3 Å². The fourth-order valence-electron chi connectivity index (χ4n) is 2.32. The minimum atomic E-state index is -0.977. The van der Waals surface area contributed by atoms with Gasteiger partial charge in [-0.15, -0.1) is 0 Å². The van der Waals surface area contributed by atoms with Crippen molar-refractivity contribution in [3.05, 3.63) is 89.2 Å². The number of nitrogens with zero attached hydrogens (tertiary/aromatic N) is 3. The predicted octanol–water partition coefficient (Wildman–Crippen LogP) is 4.59. The van der Waals surface area contributed by atoms with Gasteiger partial charge in [-0.2, -0.15) is 0 Å². The summed E-state index contributed by atoms with van der Waals surface area (Å²) in [6.07, 6.45) is 3.31. The van der Waals surface area contributed by atoms with Crippen molar-refractivity contribution in [1.82, 2.24) is 4.98 Å². The molecule has 3 aromatic rings. The summed E-state index contributed by atoms with van der Waals surface area (Å²) >= 11 is 0.